The number of methoxy groups -OCH3 is 1. The third kappa shape index (κ3) is 6.80. The van der Waals surface area contributed by atoms with E-state index in [2.05, 4.69) is 92.1 Å². The van der Waals surface area contributed by atoms with Crippen LogP contribution in [0.5, 0.6) is 0 Å². The van der Waals surface area contributed by atoms with Gasteiger partial charge >= 0.3 is 0 Å². The Hall–Kier alpha value is -2.10. The molecule has 0 aromatic carbocycles. The van der Waals surface area contributed by atoms with Crippen LogP contribution in [0.3, 0.4) is 0 Å². The molecule has 16 atom stereocenters. The van der Waals surface area contributed by atoms with E-state index in [0.717, 1.165) is 50.0 Å². The Morgan fingerprint density at radius 3 is 2.26 bits per heavy atom. The van der Waals surface area contributed by atoms with E-state index in [1.54, 1.807) is 12.7 Å². The lowest BCUT2D eigenvalue weighted by molar-refractivity contribution is -0.265. The highest BCUT2D eigenvalue weighted by atomic mass is 16.7. The van der Waals surface area contributed by atoms with Crippen LogP contribution in [0.15, 0.2) is 60.7 Å². The minimum Gasteiger partial charge on any atom is -0.501 e. The van der Waals surface area contributed by atoms with Crippen molar-refractivity contribution in [2.45, 2.75) is 170 Å². The van der Waals surface area contributed by atoms with E-state index >= 15 is 0 Å². The molecule has 0 amide bonds. The Kier molecular flexibility index (Phi) is 11.6. The molecule has 0 aromatic rings. The Morgan fingerprint density at radius 2 is 1.59 bits per heavy atom. The summed E-state index contributed by atoms with van der Waals surface area (Å²) in [5.41, 5.74) is 10.9. The molecule has 6 fully saturated rings. The number of ether oxygens (including phenoxy) is 3. The largest absolute Gasteiger partial charge is 0.501 e. The molecule has 8 heteroatoms. The fourth-order valence-corrected chi connectivity index (χ4v) is 15.6. The van der Waals surface area contributed by atoms with Crippen molar-refractivity contribution in [2.24, 2.45) is 85.6 Å². The first-order chi connectivity index (χ1) is 27.1. The Bertz CT molecular complexity index is 1670. The molecule has 0 aromatic heterocycles. The monoisotopic (exact) mass is 803 g/mol. The average molecular weight is 803 g/mol. The maximum Gasteiger partial charge on any atom is 0.161 e. The summed E-state index contributed by atoms with van der Waals surface area (Å²) in [7, 11) is 1.80. The van der Waals surface area contributed by atoms with Crippen LogP contribution in [-0.4, -0.2) is 36.8 Å². The van der Waals surface area contributed by atoms with Crippen molar-refractivity contribution in [3.63, 3.8) is 0 Å². The first-order valence-corrected chi connectivity index (χ1v) is 23.1. The summed E-state index contributed by atoms with van der Waals surface area (Å²) in [5.74, 6) is 15.5. The standard InChI is InChI=1S/C50H82N4O4/c1-29-24-37-38-28-47(9,33(5)56-13)21-20-46(38,8)22-23-49(37,11)50(12)19-17-41-45(6,7)36(16-18-48(41,10)43(29)50)27-35-26-34(31(3)53-51)14-15-40(35)57-44-30(2)25-39(55)42(58-44)32(4)54-52/h24,30,34-36,38-44,53-55H,1,3-5,14-23,25-28,51-52H2,2,6-13H3/t30?,34?,35?,36?,38?,39?,40?,41?,42?,43?,44?,46?,47-,48?,49+,50?/m0/s1. The van der Waals surface area contributed by atoms with E-state index in [4.69, 9.17) is 32.5 Å². The lowest BCUT2D eigenvalue weighted by Gasteiger charge is -2.72. The number of nitrogens with two attached hydrogens (primary N) is 2. The number of aliphatic hydroxyl groups is 1. The summed E-state index contributed by atoms with van der Waals surface area (Å²) in [6, 6.07) is 0. The summed E-state index contributed by atoms with van der Waals surface area (Å²) in [6.07, 6.45) is 16.6. The number of hydrazine groups is 2. The first kappa shape index (κ1) is 44.0. The fraction of sp³-hybridized carbons (Fsp3) is 0.800. The molecule has 0 bridgehead atoms. The molecule has 1 heterocycles. The second kappa shape index (κ2) is 15.4. The summed E-state index contributed by atoms with van der Waals surface area (Å²) >= 11 is 0. The number of nitrogens with one attached hydrogen (secondary N) is 2. The summed E-state index contributed by atoms with van der Waals surface area (Å²) in [6.45, 7) is 38.1. The van der Waals surface area contributed by atoms with E-state index < -0.39 is 18.5 Å². The molecule has 1 saturated heterocycles. The fourth-order valence-electron chi connectivity index (χ4n) is 15.6. The van der Waals surface area contributed by atoms with Crippen molar-refractivity contribution in [1.29, 1.82) is 0 Å². The zero-order valence-corrected chi connectivity index (χ0v) is 38.0. The summed E-state index contributed by atoms with van der Waals surface area (Å²) in [5, 5.41) is 10.8. The smallest absolute Gasteiger partial charge is 0.161 e. The Morgan fingerprint density at radius 1 is 0.897 bits per heavy atom. The van der Waals surface area contributed by atoms with Gasteiger partial charge in [0, 0.05) is 17.0 Å². The molecular formula is C50H82N4O4. The molecule has 7 rings (SSSR count). The van der Waals surface area contributed by atoms with Gasteiger partial charge in [-0.1, -0.05) is 98.9 Å². The molecule has 326 valence electrons. The molecule has 58 heavy (non-hydrogen) atoms. The van der Waals surface area contributed by atoms with Crippen molar-refractivity contribution in [3.8, 4) is 0 Å². The minimum absolute atomic E-state index is 0.00327. The molecule has 7 aliphatic rings. The lowest BCUT2D eigenvalue weighted by Crippen LogP contribution is -2.64. The highest BCUT2D eigenvalue weighted by Crippen LogP contribution is 2.77. The van der Waals surface area contributed by atoms with Crippen LogP contribution in [0.25, 0.3) is 0 Å². The molecule has 5 saturated carbocycles. The molecule has 1 aliphatic heterocycles. The van der Waals surface area contributed by atoms with Gasteiger partial charge in [0.25, 0.3) is 0 Å². The first-order valence-electron chi connectivity index (χ1n) is 23.1. The molecule has 6 aliphatic carbocycles. The third-order valence-electron chi connectivity index (χ3n) is 19.6. The summed E-state index contributed by atoms with van der Waals surface area (Å²) in [4.78, 5) is 0. The van der Waals surface area contributed by atoms with Gasteiger partial charge < -0.3 is 30.2 Å². The van der Waals surface area contributed by atoms with Crippen molar-refractivity contribution >= 4 is 0 Å². The van der Waals surface area contributed by atoms with Gasteiger partial charge in [-0.05, 0) is 152 Å². The quantitative estimate of drug-likeness (QED) is 0.0841. The second-order valence-corrected chi connectivity index (χ2v) is 22.8. The van der Waals surface area contributed by atoms with Crippen molar-refractivity contribution in [3.05, 3.63) is 60.7 Å². The number of aliphatic hydroxyl groups excluding tert-OH is 1. The van der Waals surface area contributed by atoms with Crippen LogP contribution in [0.1, 0.15) is 145 Å². The Labute approximate surface area is 352 Å². The molecule has 0 spiro atoms. The average Bonchev–Trinajstić information content (AvgIpc) is 3.17. The number of rotatable bonds is 10. The van der Waals surface area contributed by atoms with Crippen molar-refractivity contribution in [2.75, 3.05) is 7.11 Å². The second-order valence-electron chi connectivity index (χ2n) is 22.8. The molecule has 14 unspecified atom stereocenters. The van der Waals surface area contributed by atoms with Gasteiger partial charge in [-0.2, -0.15) is 0 Å². The lowest BCUT2D eigenvalue weighted by atomic mass is 9.32. The van der Waals surface area contributed by atoms with Crippen LogP contribution in [0.2, 0.25) is 0 Å². The highest BCUT2D eigenvalue weighted by Gasteiger charge is 2.69. The van der Waals surface area contributed by atoms with Gasteiger partial charge in [0.05, 0.1) is 30.8 Å². The molecule has 7 N–H and O–H groups in total. The van der Waals surface area contributed by atoms with E-state index in [1.807, 2.05) is 0 Å². The highest BCUT2D eigenvalue weighted by molar-refractivity contribution is 5.43. The van der Waals surface area contributed by atoms with Crippen LogP contribution in [0, 0.1) is 73.9 Å². The number of hydrogen-bond acceptors (Lipinski definition) is 8. The minimum atomic E-state index is -0.675. The van der Waals surface area contributed by atoms with Gasteiger partial charge in [0.1, 0.15) is 6.10 Å². The predicted octanol–water partition coefficient (Wildman–Crippen LogP) is 9.99. The normalized spacial score (nSPS) is 48.5. The number of allylic oxidation sites excluding steroid dienone is 5. The van der Waals surface area contributed by atoms with Crippen LogP contribution in [-0.2, 0) is 14.2 Å². The van der Waals surface area contributed by atoms with Gasteiger partial charge in [0.2, 0.25) is 0 Å². The van der Waals surface area contributed by atoms with E-state index in [1.165, 1.54) is 50.5 Å². The van der Waals surface area contributed by atoms with Crippen LogP contribution in [0.4, 0.5) is 0 Å². The Balaban J connectivity index is 1.15. The van der Waals surface area contributed by atoms with Crippen LogP contribution >= 0.6 is 0 Å². The number of hydrogen-bond donors (Lipinski definition) is 5. The van der Waals surface area contributed by atoms with E-state index in [0.29, 0.717) is 53.0 Å². The van der Waals surface area contributed by atoms with Gasteiger partial charge in [-0.3, -0.25) is 11.7 Å². The van der Waals surface area contributed by atoms with Gasteiger partial charge in [-0.15, -0.1) is 0 Å². The van der Waals surface area contributed by atoms with E-state index in [-0.39, 0.29) is 39.1 Å². The predicted molar refractivity (Wildman–Crippen MR) is 235 cm³/mol. The maximum atomic E-state index is 10.8. The summed E-state index contributed by atoms with van der Waals surface area (Å²) < 4.78 is 19.3. The zero-order valence-electron chi connectivity index (χ0n) is 38.0. The molecule has 0 radical (unpaired) electrons. The van der Waals surface area contributed by atoms with Crippen LogP contribution < -0.4 is 22.5 Å². The zero-order chi connectivity index (χ0) is 42.4. The van der Waals surface area contributed by atoms with Crippen molar-refractivity contribution < 1.29 is 19.3 Å². The molecule has 8 nitrogen and oxygen atoms in total. The topological polar surface area (TPSA) is 124 Å². The molecular weight excluding hydrogens is 721 g/mol. The number of fused-ring (bicyclic) bond motifs is 7. The van der Waals surface area contributed by atoms with Crippen molar-refractivity contribution in [1.82, 2.24) is 10.9 Å². The van der Waals surface area contributed by atoms with Gasteiger partial charge in [0.15, 0.2) is 6.29 Å². The SMILES string of the molecule is C=C(NN)C1CCC(OC2OC(C(=C)NN)C(O)CC2C)C(CC2CCC3(C)C(CCC4(C)C3C(=C)C=C3C5C[C@@](C)(C(=C)OC)CCC5(C)CC[C@]34C)C2(C)C)C1. The van der Waals surface area contributed by atoms with E-state index in [9.17, 15) is 5.11 Å². The third-order valence-corrected chi connectivity index (χ3v) is 19.6. The van der Waals surface area contributed by atoms with Gasteiger partial charge in [-0.25, -0.2) is 0 Å². The maximum absolute atomic E-state index is 10.8.